The van der Waals surface area contributed by atoms with Gasteiger partial charge in [0.25, 0.3) is 0 Å². The van der Waals surface area contributed by atoms with Gasteiger partial charge in [-0.3, -0.25) is 4.98 Å². The minimum Gasteiger partial charge on any atom is -0.378 e. The molecule has 1 N–H and O–H groups in total. The van der Waals surface area contributed by atoms with Crippen molar-refractivity contribution in [3.8, 4) is 11.3 Å². The molecule has 0 saturated heterocycles. The Balaban J connectivity index is 1.72. The highest BCUT2D eigenvalue weighted by Crippen LogP contribution is 2.31. The van der Waals surface area contributed by atoms with Crippen LogP contribution in [0.3, 0.4) is 0 Å². The molecule has 0 unspecified atom stereocenters. The molecule has 0 fully saturated rings. The van der Waals surface area contributed by atoms with Crippen LogP contribution in [0.1, 0.15) is 19.9 Å². The lowest BCUT2D eigenvalue weighted by molar-refractivity contribution is 0.622. The predicted octanol–water partition coefficient (Wildman–Crippen LogP) is 4.88. The normalized spacial score (nSPS) is 11.2. The first-order valence-electron chi connectivity index (χ1n) is 9.35. The van der Waals surface area contributed by atoms with E-state index in [1.54, 1.807) is 6.20 Å². The van der Waals surface area contributed by atoms with Gasteiger partial charge < -0.3 is 14.8 Å². The fourth-order valence-electron chi connectivity index (χ4n) is 3.29. The summed E-state index contributed by atoms with van der Waals surface area (Å²) in [4.78, 5) is 15.5. The molecule has 28 heavy (non-hydrogen) atoms. The smallest absolute Gasteiger partial charge is 0.227 e. The molecule has 3 aromatic heterocycles. The van der Waals surface area contributed by atoms with Gasteiger partial charge in [0.1, 0.15) is 0 Å². The Morgan fingerprint density at radius 1 is 1.07 bits per heavy atom. The third-order valence-corrected chi connectivity index (χ3v) is 4.74. The minimum absolute atomic E-state index is 0.341. The third-order valence-electron chi connectivity index (χ3n) is 4.74. The van der Waals surface area contributed by atoms with Gasteiger partial charge in [-0.1, -0.05) is 6.07 Å². The lowest BCUT2D eigenvalue weighted by Gasteiger charge is -2.14. The van der Waals surface area contributed by atoms with Gasteiger partial charge in [-0.15, -0.1) is 0 Å². The number of nitrogens with zero attached hydrogens (tertiary/aromatic N) is 5. The van der Waals surface area contributed by atoms with Gasteiger partial charge in [-0.2, -0.15) is 0 Å². The van der Waals surface area contributed by atoms with Crippen LogP contribution in [0.4, 0.5) is 17.3 Å². The van der Waals surface area contributed by atoms with Crippen molar-refractivity contribution in [1.29, 1.82) is 0 Å². The predicted molar refractivity (Wildman–Crippen MR) is 115 cm³/mol. The fraction of sp³-hybridized carbons (Fsp3) is 0.227. The Bertz CT molecular complexity index is 1110. The summed E-state index contributed by atoms with van der Waals surface area (Å²) in [5.74, 6) is 0.577. The zero-order chi connectivity index (χ0) is 19.7. The van der Waals surface area contributed by atoms with Crippen LogP contribution >= 0.6 is 0 Å². The second-order valence-electron chi connectivity index (χ2n) is 7.27. The summed E-state index contributed by atoms with van der Waals surface area (Å²) in [7, 11) is 4.05. The number of hydrogen-bond donors (Lipinski definition) is 1. The first-order chi connectivity index (χ1) is 13.5. The largest absolute Gasteiger partial charge is 0.378 e. The van der Waals surface area contributed by atoms with Crippen molar-refractivity contribution in [1.82, 2.24) is 19.5 Å². The number of hydrogen-bond acceptors (Lipinski definition) is 5. The number of pyridine rings is 1. The van der Waals surface area contributed by atoms with Crippen LogP contribution < -0.4 is 10.2 Å². The molecular weight excluding hydrogens is 348 g/mol. The van der Waals surface area contributed by atoms with Crippen LogP contribution in [0, 0.1) is 0 Å². The van der Waals surface area contributed by atoms with E-state index in [-0.39, 0.29) is 0 Å². The molecule has 6 nitrogen and oxygen atoms in total. The molecule has 4 aromatic rings. The summed E-state index contributed by atoms with van der Waals surface area (Å²) >= 11 is 0. The van der Waals surface area contributed by atoms with Crippen LogP contribution in [-0.4, -0.2) is 33.6 Å². The Morgan fingerprint density at radius 3 is 2.71 bits per heavy atom. The number of fused-ring (bicyclic) bond motifs is 1. The Morgan fingerprint density at radius 2 is 1.93 bits per heavy atom. The summed E-state index contributed by atoms with van der Waals surface area (Å²) in [5.41, 5.74) is 5.15. The summed E-state index contributed by atoms with van der Waals surface area (Å²) in [6, 6.07) is 12.5. The standard InChI is InChI=1S/C22H24N6/c1-15(2)28-14-19(18-8-10-23-13-21(18)28)20-9-11-24-22(26-20)25-16-6-5-7-17(12-16)27(3)4/h5-15H,1-4H3,(H,24,25,26). The molecule has 3 heterocycles. The van der Waals surface area contributed by atoms with E-state index in [1.165, 1.54) is 0 Å². The monoisotopic (exact) mass is 372 g/mol. The fourth-order valence-corrected chi connectivity index (χ4v) is 3.29. The summed E-state index contributed by atoms with van der Waals surface area (Å²) in [6.07, 6.45) is 7.67. The Labute approximate surface area is 164 Å². The van der Waals surface area contributed by atoms with Crippen molar-refractivity contribution in [3.63, 3.8) is 0 Å². The topological polar surface area (TPSA) is 58.9 Å². The van der Waals surface area contributed by atoms with Crippen LogP contribution in [-0.2, 0) is 0 Å². The van der Waals surface area contributed by atoms with Crippen molar-refractivity contribution < 1.29 is 0 Å². The molecule has 0 radical (unpaired) electrons. The molecule has 4 rings (SSSR count). The second kappa shape index (κ2) is 7.31. The molecule has 6 heteroatoms. The number of aromatic nitrogens is 4. The lowest BCUT2D eigenvalue weighted by atomic mass is 10.1. The quantitative estimate of drug-likeness (QED) is 0.541. The highest BCUT2D eigenvalue weighted by molar-refractivity contribution is 5.94. The van der Waals surface area contributed by atoms with E-state index in [9.17, 15) is 0 Å². The van der Waals surface area contributed by atoms with E-state index in [2.05, 4.69) is 56.9 Å². The number of rotatable bonds is 5. The Kier molecular flexibility index (Phi) is 4.69. The van der Waals surface area contributed by atoms with Crippen molar-refractivity contribution in [2.24, 2.45) is 0 Å². The van der Waals surface area contributed by atoms with Gasteiger partial charge in [-0.05, 0) is 44.2 Å². The second-order valence-corrected chi connectivity index (χ2v) is 7.27. The maximum Gasteiger partial charge on any atom is 0.227 e. The average Bonchev–Trinajstić information content (AvgIpc) is 3.08. The van der Waals surface area contributed by atoms with Crippen molar-refractivity contribution >= 4 is 28.2 Å². The van der Waals surface area contributed by atoms with E-state index in [4.69, 9.17) is 4.98 Å². The Hall–Kier alpha value is -3.41. The maximum atomic E-state index is 4.77. The molecule has 0 amide bonds. The van der Waals surface area contributed by atoms with E-state index < -0.39 is 0 Å². The van der Waals surface area contributed by atoms with E-state index in [0.717, 1.165) is 33.5 Å². The van der Waals surface area contributed by atoms with Gasteiger partial charge in [0.2, 0.25) is 5.95 Å². The summed E-state index contributed by atoms with van der Waals surface area (Å²) in [5, 5.41) is 4.46. The van der Waals surface area contributed by atoms with Gasteiger partial charge in [0, 0.05) is 61.1 Å². The zero-order valence-corrected chi connectivity index (χ0v) is 16.6. The van der Waals surface area contributed by atoms with Gasteiger partial charge in [-0.25, -0.2) is 9.97 Å². The van der Waals surface area contributed by atoms with Crippen LogP contribution in [0.25, 0.3) is 22.2 Å². The third kappa shape index (κ3) is 3.41. The van der Waals surface area contributed by atoms with Gasteiger partial charge in [0.15, 0.2) is 0 Å². The molecule has 0 spiro atoms. The number of nitrogens with one attached hydrogen (secondary N) is 1. The minimum atomic E-state index is 0.341. The molecular formula is C22H24N6. The molecule has 0 aliphatic rings. The molecule has 0 aliphatic heterocycles. The molecule has 0 bridgehead atoms. The highest BCUT2D eigenvalue weighted by atomic mass is 15.1. The lowest BCUT2D eigenvalue weighted by Crippen LogP contribution is -2.08. The van der Waals surface area contributed by atoms with E-state index >= 15 is 0 Å². The number of anilines is 3. The van der Waals surface area contributed by atoms with E-state index in [0.29, 0.717) is 12.0 Å². The zero-order valence-electron chi connectivity index (χ0n) is 16.6. The summed E-state index contributed by atoms with van der Waals surface area (Å²) in [6.45, 7) is 4.34. The molecule has 142 valence electrons. The molecule has 0 saturated carbocycles. The highest BCUT2D eigenvalue weighted by Gasteiger charge is 2.14. The van der Waals surface area contributed by atoms with Gasteiger partial charge in [0.05, 0.1) is 17.4 Å². The van der Waals surface area contributed by atoms with Crippen LogP contribution in [0.15, 0.2) is 61.2 Å². The number of benzene rings is 1. The van der Waals surface area contributed by atoms with Crippen LogP contribution in [0.5, 0.6) is 0 Å². The van der Waals surface area contributed by atoms with E-state index in [1.807, 2.05) is 50.8 Å². The molecule has 0 aliphatic carbocycles. The van der Waals surface area contributed by atoms with Crippen molar-refractivity contribution in [2.45, 2.75) is 19.9 Å². The van der Waals surface area contributed by atoms with Crippen LogP contribution in [0.2, 0.25) is 0 Å². The molecule has 1 aromatic carbocycles. The molecule has 0 atom stereocenters. The van der Waals surface area contributed by atoms with Gasteiger partial charge >= 0.3 is 0 Å². The first kappa shape index (κ1) is 18.0. The maximum absolute atomic E-state index is 4.77. The summed E-state index contributed by atoms with van der Waals surface area (Å²) < 4.78 is 2.23. The average molecular weight is 372 g/mol. The first-order valence-corrected chi connectivity index (χ1v) is 9.35. The van der Waals surface area contributed by atoms with Crippen molar-refractivity contribution in [2.75, 3.05) is 24.3 Å². The SMILES string of the molecule is CC(C)n1cc(-c2ccnc(Nc3cccc(N(C)C)c3)n2)c2ccncc21. The van der Waals surface area contributed by atoms with Crippen molar-refractivity contribution in [3.05, 3.63) is 61.2 Å².